The molecule has 0 radical (unpaired) electrons. The van der Waals surface area contributed by atoms with E-state index in [9.17, 15) is 0 Å². The highest BCUT2D eigenvalue weighted by atomic mass is 35.5. The normalized spacial score (nSPS) is 18.1. The molecule has 2 unspecified atom stereocenters. The van der Waals surface area contributed by atoms with Gasteiger partial charge < -0.3 is 10.3 Å². The molecular weight excluding hydrogens is 278 g/mol. The molecule has 0 bridgehead atoms. The molecule has 102 valence electrons. The molecular formula is C14H18ClN3S. The van der Waals surface area contributed by atoms with Gasteiger partial charge in [0, 0.05) is 16.6 Å². The average Bonchev–Trinajstić information content (AvgIpc) is 2.98. The van der Waals surface area contributed by atoms with Gasteiger partial charge in [0.1, 0.15) is 0 Å². The van der Waals surface area contributed by atoms with E-state index >= 15 is 0 Å². The average molecular weight is 296 g/mol. The maximum Gasteiger partial charge on any atom is 0.0958 e. The van der Waals surface area contributed by atoms with E-state index in [4.69, 9.17) is 17.3 Å². The van der Waals surface area contributed by atoms with Gasteiger partial charge in [-0.15, -0.1) is 11.3 Å². The monoisotopic (exact) mass is 295 g/mol. The van der Waals surface area contributed by atoms with Crippen molar-refractivity contribution in [3.05, 3.63) is 39.1 Å². The van der Waals surface area contributed by atoms with Crippen LogP contribution in [0.5, 0.6) is 0 Å². The second kappa shape index (κ2) is 5.27. The second-order valence-corrected chi connectivity index (χ2v) is 6.94. The summed E-state index contributed by atoms with van der Waals surface area (Å²) in [6.45, 7) is 2.05. The molecule has 3 nitrogen and oxygen atoms in total. The van der Waals surface area contributed by atoms with Gasteiger partial charge in [-0.1, -0.05) is 11.6 Å². The number of halogens is 1. The molecule has 0 saturated carbocycles. The fourth-order valence-corrected chi connectivity index (χ4v) is 4.15. The van der Waals surface area contributed by atoms with Crippen molar-refractivity contribution >= 4 is 22.9 Å². The maximum atomic E-state index is 6.22. The van der Waals surface area contributed by atoms with Crippen molar-refractivity contribution in [2.45, 2.75) is 44.7 Å². The Balaban J connectivity index is 2.03. The minimum absolute atomic E-state index is 0.0370. The minimum atomic E-state index is 0.0370. The van der Waals surface area contributed by atoms with E-state index in [1.54, 1.807) is 11.3 Å². The molecule has 1 aliphatic carbocycles. The Kier molecular flexibility index (Phi) is 3.65. The lowest BCUT2D eigenvalue weighted by Crippen LogP contribution is -2.30. The summed E-state index contributed by atoms with van der Waals surface area (Å²) < 4.78 is 3.08. The number of aromatic nitrogens is 2. The molecule has 1 aliphatic rings. The highest BCUT2D eigenvalue weighted by Gasteiger charge is 2.25. The maximum absolute atomic E-state index is 6.22. The van der Waals surface area contributed by atoms with E-state index in [2.05, 4.69) is 15.6 Å². The van der Waals surface area contributed by atoms with Gasteiger partial charge in [0.2, 0.25) is 0 Å². The predicted octanol–water partition coefficient (Wildman–Crippen LogP) is 3.41. The first-order valence-corrected chi connectivity index (χ1v) is 7.91. The number of thiophene rings is 1. The van der Waals surface area contributed by atoms with Crippen molar-refractivity contribution in [2.75, 3.05) is 0 Å². The first-order chi connectivity index (χ1) is 9.16. The van der Waals surface area contributed by atoms with Crippen LogP contribution < -0.4 is 5.73 Å². The Morgan fingerprint density at radius 3 is 2.84 bits per heavy atom. The Morgan fingerprint density at radius 1 is 1.37 bits per heavy atom. The van der Waals surface area contributed by atoms with Crippen LogP contribution in [0.4, 0.5) is 0 Å². The van der Waals surface area contributed by atoms with Gasteiger partial charge in [-0.05, 0) is 44.7 Å². The molecule has 0 fully saturated rings. The third-order valence-electron chi connectivity index (χ3n) is 3.74. The minimum Gasteiger partial charge on any atom is -0.326 e. The summed E-state index contributed by atoms with van der Waals surface area (Å²) in [6.07, 6.45) is 6.65. The number of imidazole rings is 1. The van der Waals surface area contributed by atoms with E-state index in [1.165, 1.54) is 29.1 Å². The quantitative estimate of drug-likeness (QED) is 0.943. The van der Waals surface area contributed by atoms with Crippen LogP contribution in [0.3, 0.4) is 0 Å². The van der Waals surface area contributed by atoms with Crippen LogP contribution in [0.2, 0.25) is 4.34 Å². The zero-order valence-corrected chi connectivity index (χ0v) is 12.5. The molecule has 2 aromatic heterocycles. The Bertz CT molecular complexity index is 573. The molecule has 0 aliphatic heterocycles. The van der Waals surface area contributed by atoms with Crippen molar-refractivity contribution in [3.8, 4) is 0 Å². The van der Waals surface area contributed by atoms with Gasteiger partial charge in [0.05, 0.1) is 22.4 Å². The fraction of sp³-hybridized carbons (Fsp3) is 0.500. The van der Waals surface area contributed by atoms with Crippen LogP contribution in [0.1, 0.15) is 42.1 Å². The van der Waals surface area contributed by atoms with Crippen LogP contribution >= 0.6 is 22.9 Å². The largest absolute Gasteiger partial charge is 0.326 e. The highest BCUT2D eigenvalue weighted by molar-refractivity contribution is 7.16. The molecule has 0 spiro atoms. The molecule has 5 heteroatoms. The van der Waals surface area contributed by atoms with Crippen LogP contribution in [0.25, 0.3) is 0 Å². The lowest BCUT2D eigenvalue weighted by atomic mass is 10.00. The Morgan fingerprint density at radius 2 is 2.16 bits per heavy atom. The van der Waals surface area contributed by atoms with Crippen molar-refractivity contribution in [3.63, 3.8) is 0 Å². The number of fused-ring (bicyclic) bond motifs is 1. The third kappa shape index (κ3) is 2.45. The van der Waals surface area contributed by atoms with Gasteiger partial charge in [-0.25, -0.2) is 4.98 Å². The number of hydrogen-bond donors (Lipinski definition) is 1. The van der Waals surface area contributed by atoms with E-state index < -0.39 is 0 Å². The van der Waals surface area contributed by atoms with Crippen molar-refractivity contribution in [1.82, 2.24) is 9.55 Å². The summed E-state index contributed by atoms with van der Waals surface area (Å²) in [4.78, 5) is 5.79. The Labute approximate surface area is 122 Å². The lowest BCUT2D eigenvalue weighted by molar-refractivity contribution is 0.479. The van der Waals surface area contributed by atoms with E-state index in [1.807, 2.05) is 19.3 Å². The standard InChI is InChI=1S/C14H18ClN3S/c1-9(16)14(12-6-7-13(15)19-12)18-8-17-10-4-2-3-5-11(10)18/h6-9,14H,2-5,16H2,1H3. The van der Waals surface area contributed by atoms with Gasteiger partial charge in [0.25, 0.3) is 0 Å². The summed E-state index contributed by atoms with van der Waals surface area (Å²) in [5.74, 6) is 0. The summed E-state index contributed by atoms with van der Waals surface area (Å²) in [5, 5.41) is 0. The number of hydrogen-bond acceptors (Lipinski definition) is 3. The van der Waals surface area contributed by atoms with Crippen molar-refractivity contribution in [1.29, 1.82) is 0 Å². The highest BCUT2D eigenvalue weighted by Crippen LogP contribution is 2.33. The topological polar surface area (TPSA) is 43.8 Å². The number of nitrogens with two attached hydrogens (primary N) is 1. The zero-order valence-electron chi connectivity index (χ0n) is 11.0. The van der Waals surface area contributed by atoms with E-state index in [0.717, 1.165) is 17.2 Å². The summed E-state index contributed by atoms with van der Waals surface area (Å²) in [5.41, 5.74) is 8.83. The molecule has 2 atom stereocenters. The molecule has 0 saturated heterocycles. The zero-order chi connectivity index (χ0) is 13.4. The van der Waals surface area contributed by atoms with Crippen molar-refractivity contribution in [2.24, 2.45) is 5.73 Å². The van der Waals surface area contributed by atoms with Crippen LogP contribution in [0, 0.1) is 0 Å². The molecule has 2 N–H and O–H groups in total. The Hall–Kier alpha value is -0.840. The summed E-state index contributed by atoms with van der Waals surface area (Å²) in [6, 6.07) is 4.21. The van der Waals surface area contributed by atoms with Gasteiger partial charge >= 0.3 is 0 Å². The second-order valence-electron chi connectivity index (χ2n) is 5.20. The fourth-order valence-electron chi connectivity index (χ4n) is 2.87. The van der Waals surface area contributed by atoms with Gasteiger partial charge in [0.15, 0.2) is 0 Å². The van der Waals surface area contributed by atoms with Crippen LogP contribution in [-0.2, 0) is 12.8 Å². The number of nitrogens with zero attached hydrogens (tertiary/aromatic N) is 2. The van der Waals surface area contributed by atoms with Crippen LogP contribution in [0.15, 0.2) is 18.5 Å². The lowest BCUT2D eigenvalue weighted by Gasteiger charge is -2.25. The SMILES string of the molecule is CC(N)C(c1ccc(Cl)s1)n1cnc2c1CCCC2. The predicted molar refractivity (Wildman–Crippen MR) is 80.0 cm³/mol. The molecule has 2 aromatic rings. The summed E-state index contributed by atoms with van der Waals surface area (Å²) >= 11 is 7.68. The number of aryl methyl sites for hydroxylation is 1. The van der Waals surface area contributed by atoms with E-state index in [0.29, 0.717) is 0 Å². The van der Waals surface area contributed by atoms with Crippen LogP contribution in [-0.4, -0.2) is 15.6 Å². The van der Waals surface area contributed by atoms with Crippen molar-refractivity contribution < 1.29 is 0 Å². The molecule has 3 rings (SSSR count). The first kappa shape index (κ1) is 13.2. The van der Waals surface area contributed by atoms with Gasteiger partial charge in [-0.2, -0.15) is 0 Å². The summed E-state index contributed by atoms with van der Waals surface area (Å²) in [7, 11) is 0. The third-order valence-corrected chi connectivity index (χ3v) is 5.04. The molecule has 2 heterocycles. The number of rotatable bonds is 3. The van der Waals surface area contributed by atoms with E-state index in [-0.39, 0.29) is 12.1 Å². The van der Waals surface area contributed by atoms with Gasteiger partial charge in [-0.3, -0.25) is 0 Å². The smallest absolute Gasteiger partial charge is 0.0958 e. The molecule has 0 aromatic carbocycles. The molecule has 0 amide bonds. The molecule has 19 heavy (non-hydrogen) atoms. The first-order valence-electron chi connectivity index (χ1n) is 6.72.